The van der Waals surface area contributed by atoms with Crippen LogP contribution in [0, 0.1) is 5.41 Å². The van der Waals surface area contributed by atoms with Crippen LogP contribution in [0.1, 0.15) is 42.3 Å². The quantitative estimate of drug-likeness (QED) is 0.638. The molecule has 24 heavy (non-hydrogen) atoms. The second-order valence-electron chi connectivity index (χ2n) is 7.01. The molecule has 1 heterocycles. The van der Waals surface area contributed by atoms with Crippen LogP contribution in [0.15, 0.2) is 54.6 Å². The molecule has 3 rings (SSSR count). The summed E-state index contributed by atoms with van der Waals surface area (Å²) in [5.74, 6) is -0.438. The second-order valence-corrected chi connectivity index (χ2v) is 7.01. The van der Waals surface area contributed by atoms with Crippen LogP contribution >= 0.6 is 0 Å². The van der Waals surface area contributed by atoms with E-state index in [9.17, 15) is 9.59 Å². The van der Waals surface area contributed by atoms with Gasteiger partial charge in [0.2, 0.25) is 11.9 Å². The third kappa shape index (κ3) is 2.63. The maximum atomic E-state index is 12.9. The average molecular weight is 324 g/mol. The number of carbonyl (C=O) groups excluding carboxylic acids is 2. The molecule has 0 unspecified atom stereocenters. The fourth-order valence-electron chi connectivity index (χ4n) is 2.77. The minimum absolute atomic E-state index is 0.352. The van der Waals surface area contributed by atoms with Crippen LogP contribution in [0.25, 0.3) is 0 Å². The van der Waals surface area contributed by atoms with E-state index >= 15 is 0 Å². The molecule has 0 radical (unpaired) electrons. The SMILES string of the molecule is CC(C)(C)[C@@H]1OC(=O)[C@@](c2ccccc2)(c2ccc(C=O)cc2)O1. The zero-order valence-corrected chi connectivity index (χ0v) is 14.0. The van der Waals surface area contributed by atoms with E-state index < -0.39 is 17.9 Å². The van der Waals surface area contributed by atoms with Gasteiger partial charge in [0.1, 0.15) is 6.29 Å². The van der Waals surface area contributed by atoms with E-state index in [4.69, 9.17) is 9.47 Å². The Morgan fingerprint density at radius 2 is 1.54 bits per heavy atom. The predicted octanol–water partition coefficient (Wildman–Crippen LogP) is 3.69. The van der Waals surface area contributed by atoms with E-state index in [1.54, 1.807) is 24.3 Å². The molecule has 1 aliphatic heterocycles. The van der Waals surface area contributed by atoms with Gasteiger partial charge in [0, 0.05) is 11.0 Å². The molecule has 1 saturated heterocycles. The van der Waals surface area contributed by atoms with Gasteiger partial charge in [-0.15, -0.1) is 0 Å². The Morgan fingerprint density at radius 1 is 0.958 bits per heavy atom. The molecule has 2 aromatic rings. The Balaban J connectivity index is 2.15. The van der Waals surface area contributed by atoms with Crippen LogP contribution in [-0.4, -0.2) is 18.5 Å². The van der Waals surface area contributed by atoms with Crippen molar-refractivity contribution in [1.29, 1.82) is 0 Å². The number of rotatable bonds is 3. The second kappa shape index (κ2) is 5.87. The number of aldehydes is 1. The summed E-state index contributed by atoms with van der Waals surface area (Å²) in [5.41, 5.74) is 0.229. The van der Waals surface area contributed by atoms with E-state index in [0.717, 1.165) is 6.29 Å². The van der Waals surface area contributed by atoms with E-state index in [0.29, 0.717) is 16.7 Å². The molecule has 1 aliphatic rings. The van der Waals surface area contributed by atoms with Crippen molar-refractivity contribution in [2.24, 2.45) is 5.41 Å². The lowest BCUT2D eigenvalue weighted by Crippen LogP contribution is -2.36. The van der Waals surface area contributed by atoms with Gasteiger partial charge in [-0.3, -0.25) is 4.79 Å². The lowest BCUT2D eigenvalue weighted by atomic mass is 9.86. The molecular formula is C20H20O4. The van der Waals surface area contributed by atoms with Gasteiger partial charge in [0.25, 0.3) is 0 Å². The molecule has 4 nitrogen and oxygen atoms in total. The molecule has 0 spiro atoms. The summed E-state index contributed by atoms with van der Waals surface area (Å²) in [6, 6.07) is 16.1. The van der Waals surface area contributed by atoms with Crippen molar-refractivity contribution in [1.82, 2.24) is 0 Å². The molecule has 0 saturated carbocycles. The number of carbonyl (C=O) groups is 2. The first-order valence-corrected chi connectivity index (χ1v) is 7.88. The zero-order valence-electron chi connectivity index (χ0n) is 14.0. The summed E-state index contributed by atoms with van der Waals surface area (Å²) < 4.78 is 11.8. The maximum absolute atomic E-state index is 12.9. The predicted molar refractivity (Wildman–Crippen MR) is 89.5 cm³/mol. The summed E-state index contributed by atoms with van der Waals surface area (Å²) in [6.45, 7) is 5.88. The maximum Gasteiger partial charge on any atom is 0.350 e. The Labute approximate surface area is 141 Å². The van der Waals surface area contributed by atoms with Gasteiger partial charge in [-0.1, -0.05) is 75.4 Å². The fraction of sp³-hybridized carbons (Fsp3) is 0.300. The minimum Gasteiger partial charge on any atom is -0.432 e. The third-order valence-electron chi connectivity index (χ3n) is 4.13. The van der Waals surface area contributed by atoms with Crippen molar-refractivity contribution in [3.63, 3.8) is 0 Å². The number of esters is 1. The normalized spacial score (nSPS) is 23.8. The molecule has 2 aromatic carbocycles. The van der Waals surface area contributed by atoms with Crippen molar-refractivity contribution in [3.8, 4) is 0 Å². The highest BCUT2D eigenvalue weighted by Crippen LogP contribution is 2.45. The molecule has 0 amide bonds. The summed E-state index contributed by atoms with van der Waals surface area (Å²) in [7, 11) is 0. The van der Waals surface area contributed by atoms with Crippen LogP contribution in [-0.2, 0) is 19.9 Å². The Bertz CT molecular complexity index is 743. The summed E-state index contributed by atoms with van der Waals surface area (Å²) >= 11 is 0. The fourth-order valence-corrected chi connectivity index (χ4v) is 2.77. The van der Waals surface area contributed by atoms with Crippen molar-refractivity contribution in [2.45, 2.75) is 32.7 Å². The monoisotopic (exact) mass is 324 g/mol. The van der Waals surface area contributed by atoms with Gasteiger partial charge >= 0.3 is 5.97 Å². The van der Waals surface area contributed by atoms with Gasteiger partial charge in [0.15, 0.2) is 0 Å². The number of ether oxygens (including phenoxy) is 2. The van der Waals surface area contributed by atoms with Crippen molar-refractivity contribution in [3.05, 3.63) is 71.3 Å². The number of hydrogen-bond donors (Lipinski definition) is 0. The van der Waals surface area contributed by atoms with Crippen molar-refractivity contribution in [2.75, 3.05) is 0 Å². The van der Waals surface area contributed by atoms with E-state index in [2.05, 4.69) is 0 Å². The van der Waals surface area contributed by atoms with Gasteiger partial charge in [-0.25, -0.2) is 4.79 Å². The highest BCUT2D eigenvalue weighted by molar-refractivity contribution is 5.87. The van der Waals surface area contributed by atoms with Crippen LogP contribution in [0.5, 0.6) is 0 Å². The zero-order chi connectivity index (χ0) is 17.4. The van der Waals surface area contributed by atoms with Crippen molar-refractivity contribution >= 4 is 12.3 Å². The molecule has 2 atom stereocenters. The molecule has 0 N–H and O–H groups in total. The minimum atomic E-state index is -1.32. The number of cyclic esters (lactones) is 1. The molecule has 0 bridgehead atoms. The van der Waals surface area contributed by atoms with E-state index in [1.165, 1.54) is 0 Å². The lowest BCUT2D eigenvalue weighted by Gasteiger charge is -2.29. The van der Waals surface area contributed by atoms with Gasteiger partial charge in [0.05, 0.1) is 0 Å². The summed E-state index contributed by atoms with van der Waals surface area (Å²) in [6.07, 6.45) is 0.112. The Hall–Kier alpha value is -2.46. The van der Waals surface area contributed by atoms with Crippen LogP contribution in [0.2, 0.25) is 0 Å². The summed E-state index contributed by atoms with van der Waals surface area (Å²) in [4.78, 5) is 23.8. The van der Waals surface area contributed by atoms with Crippen LogP contribution in [0.3, 0.4) is 0 Å². The largest absolute Gasteiger partial charge is 0.432 e. The average Bonchev–Trinajstić information content (AvgIpc) is 2.94. The third-order valence-corrected chi connectivity index (χ3v) is 4.13. The molecule has 1 fully saturated rings. The standard InChI is InChI=1S/C20H20O4/c1-19(2,3)18-23-17(22)20(24-18,15-7-5-4-6-8-15)16-11-9-14(13-21)10-12-16/h4-13,18H,1-3H3/t18-,20-/m1/s1. The highest BCUT2D eigenvalue weighted by atomic mass is 16.8. The first-order valence-electron chi connectivity index (χ1n) is 7.88. The smallest absolute Gasteiger partial charge is 0.350 e. The Morgan fingerprint density at radius 3 is 2.04 bits per heavy atom. The first kappa shape index (κ1) is 16.4. The Kier molecular flexibility index (Phi) is 4.01. The molecule has 0 aliphatic carbocycles. The van der Waals surface area contributed by atoms with Crippen LogP contribution in [0.4, 0.5) is 0 Å². The molecule has 124 valence electrons. The highest BCUT2D eigenvalue weighted by Gasteiger charge is 2.55. The topological polar surface area (TPSA) is 52.6 Å². The molecule has 4 heteroatoms. The van der Waals surface area contributed by atoms with E-state index in [-0.39, 0.29) is 5.41 Å². The van der Waals surface area contributed by atoms with E-state index in [1.807, 2.05) is 51.1 Å². The first-order chi connectivity index (χ1) is 11.4. The van der Waals surface area contributed by atoms with Gasteiger partial charge < -0.3 is 9.47 Å². The molecule has 0 aromatic heterocycles. The number of hydrogen-bond acceptors (Lipinski definition) is 4. The lowest BCUT2D eigenvalue weighted by molar-refractivity contribution is -0.155. The van der Waals surface area contributed by atoms with Gasteiger partial charge in [-0.05, 0) is 11.1 Å². The summed E-state index contributed by atoms with van der Waals surface area (Å²) in [5, 5.41) is 0. The van der Waals surface area contributed by atoms with Crippen molar-refractivity contribution < 1.29 is 19.1 Å². The van der Waals surface area contributed by atoms with Crippen LogP contribution < -0.4 is 0 Å². The number of benzene rings is 2. The molecular weight excluding hydrogens is 304 g/mol. The van der Waals surface area contributed by atoms with Gasteiger partial charge in [-0.2, -0.15) is 0 Å².